The van der Waals surface area contributed by atoms with Crippen molar-refractivity contribution in [3.05, 3.63) is 60.4 Å². The Balaban J connectivity index is 1.68. The number of hydrogen-bond donors (Lipinski definition) is 1. The summed E-state index contributed by atoms with van der Waals surface area (Å²) in [6.45, 7) is 2.00. The van der Waals surface area contributed by atoms with Crippen LogP contribution in [-0.2, 0) is 4.79 Å². The second kappa shape index (κ2) is 6.58. The third kappa shape index (κ3) is 3.43. The van der Waals surface area contributed by atoms with Crippen LogP contribution < -0.4 is 5.32 Å². The molecule has 0 atom stereocenters. The molecule has 0 bridgehead atoms. The molecular weight excluding hydrogens is 294 g/mol. The third-order valence-electron chi connectivity index (χ3n) is 3.15. The van der Waals surface area contributed by atoms with Gasteiger partial charge in [-0.05, 0) is 30.7 Å². The Morgan fingerprint density at radius 1 is 1.14 bits per heavy atom. The van der Waals surface area contributed by atoms with E-state index in [1.54, 1.807) is 0 Å². The zero-order valence-corrected chi connectivity index (χ0v) is 12.9. The molecule has 3 rings (SSSR count). The molecular formula is C17H15N3OS. The molecule has 1 N–H and O–H groups in total. The summed E-state index contributed by atoms with van der Waals surface area (Å²) in [5.41, 5.74) is 2.82. The minimum atomic E-state index is -0.0432. The van der Waals surface area contributed by atoms with Crippen molar-refractivity contribution in [2.75, 3.05) is 11.1 Å². The second-order valence-corrected chi connectivity index (χ2v) is 5.87. The predicted octanol–water partition coefficient (Wildman–Crippen LogP) is 3.67. The zero-order chi connectivity index (χ0) is 15.4. The maximum absolute atomic E-state index is 12.1. The van der Waals surface area contributed by atoms with Crippen LogP contribution in [0.25, 0.3) is 10.9 Å². The number of carbonyl (C=O) groups excluding carboxylic acids is 1. The van der Waals surface area contributed by atoms with Crippen molar-refractivity contribution in [3.8, 4) is 0 Å². The summed E-state index contributed by atoms with van der Waals surface area (Å²) in [6.07, 6.45) is 1.53. The topological polar surface area (TPSA) is 54.9 Å². The van der Waals surface area contributed by atoms with E-state index in [0.29, 0.717) is 5.75 Å². The summed E-state index contributed by atoms with van der Waals surface area (Å²) >= 11 is 1.42. The van der Waals surface area contributed by atoms with Crippen LogP contribution in [0.5, 0.6) is 0 Å². The van der Waals surface area contributed by atoms with Gasteiger partial charge in [0.25, 0.3) is 0 Å². The molecule has 1 aromatic heterocycles. The first-order chi connectivity index (χ1) is 10.7. The number of nitrogens with one attached hydrogen (secondary N) is 1. The molecule has 1 heterocycles. The standard InChI is InChI=1S/C17H15N3OS/c1-12-5-4-6-13(9-12)20-16(21)10-22-17-14-7-2-3-8-15(14)18-11-19-17/h2-9,11H,10H2,1H3,(H,20,21). The fraction of sp³-hybridized carbons (Fsp3) is 0.118. The van der Waals surface area contributed by atoms with Crippen molar-refractivity contribution in [3.63, 3.8) is 0 Å². The lowest BCUT2D eigenvalue weighted by molar-refractivity contribution is -0.113. The van der Waals surface area contributed by atoms with Gasteiger partial charge in [0.2, 0.25) is 5.91 Å². The minimum Gasteiger partial charge on any atom is -0.325 e. The minimum absolute atomic E-state index is 0.0432. The lowest BCUT2D eigenvalue weighted by Crippen LogP contribution is -2.14. The van der Waals surface area contributed by atoms with Crippen LogP contribution in [0.2, 0.25) is 0 Å². The molecule has 2 aromatic carbocycles. The largest absolute Gasteiger partial charge is 0.325 e. The number of fused-ring (bicyclic) bond motifs is 1. The van der Waals surface area contributed by atoms with Gasteiger partial charge in [-0.1, -0.05) is 42.1 Å². The molecule has 22 heavy (non-hydrogen) atoms. The lowest BCUT2D eigenvalue weighted by Gasteiger charge is -2.07. The first kappa shape index (κ1) is 14.5. The van der Waals surface area contributed by atoms with E-state index in [1.807, 2.05) is 55.5 Å². The van der Waals surface area contributed by atoms with Gasteiger partial charge in [0.05, 0.1) is 11.3 Å². The van der Waals surface area contributed by atoms with Crippen molar-refractivity contribution in [2.45, 2.75) is 11.9 Å². The van der Waals surface area contributed by atoms with Gasteiger partial charge in [0, 0.05) is 11.1 Å². The van der Waals surface area contributed by atoms with Crippen LogP contribution in [0.3, 0.4) is 0 Å². The maximum Gasteiger partial charge on any atom is 0.234 e. The average Bonchev–Trinajstić information content (AvgIpc) is 2.53. The Hall–Kier alpha value is -2.40. The molecule has 1 amide bonds. The van der Waals surface area contributed by atoms with Crippen LogP contribution in [0, 0.1) is 6.92 Å². The average molecular weight is 309 g/mol. The predicted molar refractivity (Wildman–Crippen MR) is 90.1 cm³/mol. The molecule has 0 aliphatic heterocycles. The first-order valence-corrected chi connectivity index (χ1v) is 7.90. The normalized spacial score (nSPS) is 10.6. The van der Waals surface area contributed by atoms with Gasteiger partial charge in [-0.3, -0.25) is 4.79 Å². The molecule has 4 nitrogen and oxygen atoms in total. The number of carbonyl (C=O) groups is 1. The maximum atomic E-state index is 12.1. The van der Waals surface area contributed by atoms with E-state index in [2.05, 4.69) is 15.3 Å². The zero-order valence-electron chi connectivity index (χ0n) is 12.1. The fourth-order valence-corrected chi connectivity index (χ4v) is 2.94. The highest BCUT2D eigenvalue weighted by Crippen LogP contribution is 2.24. The molecule has 0 aliphatic rings. The summed E-state index contributed by atoms with van der Waals surface area (Å²) in [5.74, 6) is 0.271. The van der Waals surface area contributed by atoms with Gasteiger partial charge in [0.1, 0.15) is 11.4 Å². The highest BCUT2D eigenvalue weighted by Gasteiger charge is 2.08. The van der Waals surface area contributed by atoms with Crippen molar-refractivity contribution in [1.82, 2.24) is 9.97 Å². The van der Waals surface area contributed by atoms with Crippen LogP contribution in [-0.4, -0.2) is 21.6 Å². The number of nitrogens with zero attached hydrogens (tertiary/aromatic N) is 2. The molecule has 0 spiro atoms. The van der Waals surface area contributed by atoms with Crippen molar-refractivity contribution in [1.29, 1.82) is 0 Å². The Labute approximate surface area is 133 Å². The second-order valence-electron chi connectivity index (χ2n) is 4.90. The van der Waals surface area contributed by atoms with Crippen molar-refractivity contribution < 1.29 is 4.79 Å². The number of rotatable bonds is 4. The highest BCUT2D eigenvalue weighted by atomic mass is 32.2. The SMILES string of the molecule is Cc1cccc(NC(=O)CSc2ncnc3ccccc23)c1. The monoisotopic (exact) mass is 309 g/mol. The highest BCUT2D eigenvalue weighted by molar-refractivity contribution is 8.00. The number of hydrogen-bond acceptors (Lipinski definition) is 4. The lowest BCUT2D eigenvalue weighted by atomic mass is 10.2. The number of thioether (sulfide) groups is 1. The molecule has 5 heteroatoms. The molecule has 0 fully saturated rings. The van der Waals surface area contributed by atoms with Crippen molar-refractivity contribution >= 4 is 34.3 Å². The summed E-state index contributed by atoms with van der Waals surface area (Å²) in [7, 11) is 0. The third-order valence-corrected chi connectivity index (χ3v) is 4.15. The molecule has 110 valence electrons. The first-order valence-electron chi connectivity index (χ1n) is 6.91. The number of aryl methyl sites for hydroxylation is 1. The van der Waals surface area contributed by atoms with Gasteiger partial charge in [-0.2, -0.15) is 0 Å². The van der Waals surface area contributed by atoms with E-state index in [-0.39, 0.29) is 5.91 Å². The molecule has 0 saturated heterocycles. The Kier molecular flexibility index (Phi) is 4.34. The van der Waals surface area contributed by atoms with Gasteiger partial charge in [0.15, 0.2) is 0 Å². The van der Waals surface area contributed by atoms with E-state index in [1.165, 1.54) is 18.1 Å². The van der Waals surface area contributed by atoms with E-state index in [4.69, 9.17) is 0 Å². The van der Waals surface area contributed by atoms with Crippen LogP contribution >= 0.6 is 11.8 Å². The van der Waals surface area contributed by atoms with Crippen molar-refractivity contribution in [2.24, 2.45) is 0 Å². The molecule has 0 aliphatic carbocycles. The number of aromatic nitrogens is 2. The summed E-state index contributed by atoms with van der Waals surface area (Å²) in [6, 6.07) is 15.5. The summed E-state index contributed by atoms with van der Waals surface area (Å²) < 4.78 is 0. The van der Waals surface area contributed by atoms with E-state index in [0.717, 1.165) is 27.2 Å². The van der Waals surface area contributed by atoms with E-state index >= 15 is 0 Å². The number of amides is 1. The Morgan fingerprint density at radius 2 is 2.00 bits per heavy atom. The number of para-hydroxylation sites is 1. The summed E-state index contributed by atoms with van der Waals surface area (Å²) in [4.78, 5) is 20.6. The fourth-order valence-electron chi connectivity index (χ4n) is 2.15. The molecule has 3 aromatic rings. The summed E-state index contributed by atoms with van der Waals surface area (Å²) in [5, 5.41) is 4.69. The molecule has 0 saturated carbocycles. The Morgan fingerprint density at radius 3 is 2.86 bits per heavy atom. The number of benzene rings is 2. The molecule has 0 unspecified atom stereocenters. The smallest absolute Gasteiger partial charge is 0.234 e. The van der Waals surface area contributed by atoms with Gasteiger partial charge < -0.3 is 5.32 Å². The van der Waals surface area contributed by atoms with Crippen LogP contribution in [0.1, 0.15) is 5.56 Å². The Bertz CT molecular complexity index is 814. The van der Waals surface area contributed by atoms with E-state index < -0.39 is 0 Å². The van der Waals surface area contributed by atoms with Crippen LogP contribution in [0.4, 0.5) is 5.69 Å². The quantitative estimate of drug-likeness (QED) is 0.590. The van der Waals surface area contributed by atoms with E-state index in [9.17, 15) is 4.79 Å². The van der Waals surface area contributed by atoms with Gasteiger partial charge >= 0.3 is 0 Å². The number of anilines is 1. The van der Waals surface area contributed by atoms with Gasteiger partial charge in [-0.15, -0.1) is 0 Å². The van der Waals surface area contributed by atoms with Crippen LogP contribution in [0.15, 0.2) is 59.9 Å². The van der Waals surface area contributed by atoms with Gasteiger partial charge in [-0.25, -0.2) is 9.97 Å². The molecule has 0 radical (unpaired) electrons.